The highest BCUT2D eigenvalue weighted by Gasteiger charge is 2.20. The van der Waals surface area contributed by atoms with Crippen molar-refractivity contribution in [2.45, 2.75) is 58.4 Å². The van der Waals surface area contributed by atoms with E-state index in [-0.39, 0.29) is 17.4 Å². The Bertz CT molecular complexity index is 474. The number of benzene rings is 1. The average Bonchev–Trinajstić information content (AvgIpc) is 2.39. The van der Waals surface area contributed by atoms with Crippen molar-refractivity contribution < 1.29 is 9.90 Å². The molecule has 2 N–H and O–H groups in total. The number of amides is 1. The number of hydrogen-bond acceptors (Lipinski definition) is 2. The van der Waals surface area contributed by atoms with Crippen LogP contribution in [0.3, 0.4) is 0 Å². The topological polar surface area (TPSA) is 49.3 Å². The van der Waals surface area contributed by atoms with Gasteiger partial charge >= 0.3 is 0 Å². The highest BCUT2D eigenvalue weighted by Crippen LogP contribution is 2.30. The van der Waals surface area contributed by atoms with Gasteiger partial charge in [0.25, 0.3) is 0 Å². The largest absolute Gasteiger partial charge is 0.508 e. The van der Waals surface area contributed by atoms with Gasteiger partial charge < -0.3 is 10.4 Å². The van der Waals surface area contributed by atoms with Crippen LogP contribution in [0, 0.1) is 0 Å². The van der Waals surface area contributed by atoms with Crippen LogP contribution < -0.4 is 5.32 Å². The van der Waals surface area contributed by atoms with Crippen LogP contribution in [0.4, 0.5) is 0 Å². The Balaban J connectivity index is 2.43. The molecule has 0 aliphatic rings. The van der Waals surface area contributed by atoms with Gasteiger partial charge in [0.15, 0.2) is 0 Å². The summed E-state index contributed by atoms with van der Waals surface area (Å²) >= 11 is 0. The molecule has 1 amide bonds. The molecule has 0 aliphatic carbocycles. The minimum absolute atomic E-state index is 0.0252. The summed E-state index contributed by atoms with van der Waals surface area (Å²) < 4.78 is 0. The van der Waals surface area contributed by atoms with Crippen LogP contribution >= 0.6 is 0 Å². The number of nitrogens with one attached hydrogen (secondary N) is 1. The van der Waals surface area contributed by atoms with Crippen molar-refractivity contribution in [1.82, 2.24) is 5.32 Å². The summed E-state index contributed by atoms with van der Waals surface area (Å²) in [6.07, 6.45) is 6.35. The first-order valence-corrected chi connectivity index (χ1v) is 7.58. The number of rotatable bonds is 7. The Morgan fingerprint density at radius 1 is 1.33 bits per heavy atom. The van der Waals surface area contributed by atoms with Gasteiger partial charge in [-0.15, -0.1) is 0 Å². The van der Waals surface area contributed by atoms with E-state index in [1.165, 1.54) is 5.56 Å². The fourth-order valence-electron chi connectivity index (χ4n) is 2.42. The van der Waals surface area contributed by atoms with Crippen molar-refractivity contribution in [3.8, 4) is 5.75 Å². The summed E-state index contributed by atoms with van der Waals surface area (Å²) in [5.41, 5.74) is 1.30. The molecule has 0 saturated heterocycles. The molecule has 0 saturated carbocycles. The van der Waals surface area contributed by atoms with Crippen molar-refractivity contribution in [2.75, 3.05) is 0 Å². The Kier molecular flexibility index (Phi) is 6.47. The Labute approximate surface area is 128 Å². The van der Waals surface area contributed by atoms with Gasteiger partial charge in [0.1, 0.15) is 5.75 Å². The van der Waals surface area contributed by atoms with E-state index >= 15 is 0 Å². The monoisotopic (exact) mass is 289 g/mol. The fraction of sp³-hybridized carbons (Fsp3) is 0.500. The van der Waals surface area contributed by atoms with Crippen LogP contribution in [-0.4, -0.2) is 17.1 Å². The second-order valence-electron chi connectivity index (χ2n) is 6.23. The second kappa shape index (κ2) is 7.87. The standard InChI is InChI=1S/C18H27NO2/c1-5-7-17(21)19-14(2)8-6-13-18(3,4)15-9-11-16(20)12-10-15/h5,7,9-12,14,20H,6,8,13H2,1-4H3,(H,19,21)/b7-5+. The number of aromatic hydroxyl groups is 1. The number of carbonyl (C=O) groups is 1. The summed E-state index contributed by atoms with van der Waals surface area (Å²) in [6, 6.07) is 7.61. The van der Waals surface area contributed by atoms with Gasteiger partial charge in [-0.25, -0.2) is 0 Å². The summed E-state index contributed by atoms with van der Waals surface area (Å²) in [4.78, 5) is 11.4. The average molecular weight is 289 g/mol. The third-order valence-electron chi connectivity index (χ3n) is 3.79. The zero-order valence-corrected chi connectivity index (χ0v) is 13.5. The zero-order valence-electron chi connectivity index (χ0n) is 13.5. The molecule has 0 aromatic heterocycles. The van der Waals surface area contributed by atoms with Crippen LogP contribution in [0.15, 0.2) is 36.4 Å². The maximum absolute atomic E-state index is 11.4. The molecule has 0 bridgehead atoms. The Morgan fingerprint density at radius 2 is 1.95 bits per heavy atom. The van der Waals surface area contributed by atoms with E-state index in [2.05, 4.69) is 19.2 Å². The summed E-state index contributed by atoms with van der Waals surface area (Å²) in [6.45, 7) is 8.30. The minimum Gasteiger partial charge on any atom is -0.508 e. The van der Waals surface area contributed by atoms with E-state index in [0.717, 1.165) is 19.3 Å². The highest BCUT2D eigenvalue weighted by atomic mass is 16.3. The molecule has 1 aromatic carbocycles. The van der Waals surface area contributed by atoms with E-state index in [0.29, 0.717) is 5.75 Å². The molecule has 3 nitrogen and oxygen atoms in total. The smallest absolute Gasteiger partial charge is 0.243 e. The van der Waals surface area contributed by atoms with E-state index in [1.54, 1.807) is 24.3 Å². The van der Waals surface area contributed by atoms with Gasteiger partial charge in [-0.2, -0.15) is 0 Å². The lowest BCUT2D eigenvalue weighted by atomic mass is 9.80. The van der Waals surface area contributed by atoms with Crippen LogP contribution in [-0.2, 0) is 10.2 Å². The van der Waals surface area contributed by atoms with Crippen molar-refractivity contribution >= 4 is 5.91 Å². The van der Waals surface area contributed by atoms with Gasteiger partial charge in [-0.05, 0) is 55.9 Å². The molecule has 0 fully saturated rings. The Hall–Kier alpha value is -1.77. The quantitative estimate of drug-likeness (QED) is 0.747. The van der Waals surface area contributed by atoms with Gasteiger partial charge in [-0.3, -0.25) is 4.79 Å². The van der Waals surface area contributed by atoms with Crippen LogP contribution in [0.1, 0.15) is 52.5 Å². The van der Waals surface area contributed by atoms with Crippen molar-refractivity contribution in [3.05, 3.63) is 42.0 Å². The molecule has 1 rings (SSSR count). The summed E-state index contributed by atoms with van der Waals surface area (Å²) in [7, 11) is 0. The molecule has 0 heterocycles. The highest BCUT2D eigenvalue weighted by molar-refractivity contribution is 5.87. The number of carbonyl (C=O) groups excluding carboxylic acids is 1. The SMILES string of the molecule is C/C=C/C(=O)NC(C)CCCC(C)(C)c1ccc(O)cc1. The lowest BCUT2D eigenvalue weighted by molar-refractivity contribution is -0.117. The van der Waals surface area contributed by atoms with Gasteiger partial charge in [-0.1, -0.05) is 38.5 Å². The zero-order chi connectivity index (χ0) is 15.9. The number of hydrogen-bond donors (Lipinski definition) is 2. The van der Waals surface area contributed by atoms with Crippen molar-refractivity contribution in [1.29, 1.82) is 0 Å². The third-order valence-corrected chi connectivity index (χ3v) is 3.79. The van der Waals surface area contributed by atoms with Crippen LogP contribution in [0.2, 0.25) is 0 Å². The number of allylic oxidation sites excluding steroid dienone is 1. The van der Waals surface area contributed by atoms with Gasteiger partial charge in [0, 0.05) is 6.04 Å². The predicted octanol–water partition coefficient (Wildman–Crippen LogP) is 3.92. The van der Waals surface area contributed by atoms with Gasteiger partial charge in [0.2, 0.25) is 5.91 Å². The number of phenols is 1. The predicted molar refractivity (Wildman–Crippen MR) is 87.4 cm³/mol. The maximum Gasteiger partial charge on any atom is 0.243 e. The molecule has 0 spiro atoms. The van der Waals surface area contributed by atoms with Crippen molar-refractivity contribution in [3.63, 3.8) is 0 Å². The molecule has 0 radical (unpaired) electrons. The van der Waals surface area contributed by atoms with Crippen molar-refractivity contribution in [2.24, 2.45) is 0 Å². The van der Waals surface area contributed by atoms with Gasteiger partial charge in [0.05, 0.1) is 0 Å². The molecule has 0 aliphatic heterocycles. The molecule has 3 heteroatoms. The minimum atomic E-state index is -0.0252. The first kappa shape index (κ1) is 17.3. The molecular weight excluding hydrogens is 262 g/mol. The summed E-state index contributed by atoms with van der Waals surface area (Å²) in [5, 5.41) is 12.3. The molecule has 1 atom stereocenters. The van der Waals surface area contributed by atoms with E-state index < -0.39 is 0 Å². The lowest BCUT2D eigenvalue weighted by Gasteiger charge is -2.26. The first-order valence-electron chi connectivity index (χ1n) is 7.58. The molecule has 21 heavy (non-hydrogen) atoms. The van der Waals surface area contributed by atoms with E-state index in [9.17, 15) is 9.90 Å². The lowest BCUT2D eigenvalue weighted by Crippen LogP contribution is -2.31. The molecule has 1 unspecified atom stereocenters. The second-order valence-corrected chi connectivity index (χ2v) is 6.23. The van der Waals surface area contributed by atoms with Crippen LogP contribution in [0.5, 0.6) is 5.75 Å². The first-order chi connectivity index (χ1) is 9.85. The van der Waals surface area contributed by atoms with E-state index in [1.807, 2.05) is 26.0 Å². The maximum atomic E-state index is 11.4. The normalized spacial score (nSPS) is 13.3. The van der Waals surface area contributed by atoms with E-state index in [4.69, 9.17) is 0 Å². The molecule has 116 valence electrons. The molecule has 1 aromatic rings. The Morgan fingerprint density at radius 3 is 2.52 bits per heavy atom. The summed E-state index contributed by atoms with van der Waals surface area (Å²) in [5.74, 6) is 0.276. The fourth-order valence-corrected chi connectivity index (χ4v) is 2.42. The van der Waals surface area contributed by atoms with Crippen LogP contribution in [0.25, 0.3) is 0 Å². The molecular formula is C18H27NO2. The third kappa shape index (κ3) is 6.03. The number of phenolic OH excluding ortho intramolecular Hbond substituents is 1.